The summed E-state index contributed by atoms with van der Waals surface area (Å²) in [6.07, 6.45) is 3.03. The third-order valence-corrected chi connectivity index (χ3v) is 4.25. The Morgan fingerprint density at radius 3 is 2.44 bits per heavy atom. The second-order valence-electron chi connectivity index (χ2n) is 6.21. The summed E-state index contributed by atoms with van der Waals surface area (Å²) in [6.45, 7) is 8.77. The van der Waals surface area contributed by atoms with Gasteiger partial charge in [-0.2, -0.15) is 5.10 Å². The number of carbonyl (C=O) groups is 1. The van der Waals surface area contributed by atoms with Crippen molar-refractivity contribution in [2.24, 2.45) is 0 Å². The van der Waals surface area contributed by atoms with E-state index >= 15 is 0 Å². The van der Waals surface area contributed by atoms with Crippen molar-refractivity contribution in [3.05, 3.63) is 52.9 Å². The SMILES string of the molecule is Cc1cnc(C(=O)NCCNc2ccc(-n3nc(C)c(C)c3C)nn2)cn1. The van der Waals surface area contributed by atoms with Crippen molar-refractivity contribution in [1.29, 1.82) is 0 Å². The van der Waals surface area contributed by atoms with Crippen LogP contribution in [0.4, 0.5) is 5.82 Å². The van der Waals surface area contributed by atoms with E-state index in [1.54, 1.807) is 10.9 Å². The molecule has 27 heavy (non-hydrogen) atoms. The molecule has 140 valence electrons. The van der Waals surface area contributed by atoms with Crippen LogP contribution in [0, 0.1) is 27.7 Å². The fraction of sp³-hybridized carbons (Fsp3) is 0.333. The number of nitrogens with one attached hydrogen (secondary N) is 2. The van der Waals surface area contributed by atoms with Crippen LogP contribution < -0.4 is 10.6 Å². The lowest BCUT2D eigenvalue weighted by molar-refractivity contribution is 0.0950. The third kappa shape index (κ3) is 4.25. The molecule has 0 atom stereocenters. The smallest absolute Gasteiger partial charge is 0.271 e. The van der Waals surface area contributed by atoms with Gasteiger partial charge in [0.2, 0.25) is 0 Å². The minimum absolute atomic E-state index is 0.259. The molecule has 0 aliphatic carbocycles. The van der Waals surface area contributed by atoms with Crippen LogP contribution in [0.5, 0.6) is 0 Å². The van der Waals surface area contributed by atoms with Crippen LogP contribution in [0.2, 0.25) is 0 Å². The summed E-state index contributed by atoms with van der Waals surface area (Å²) >= 11 is 0. The Hall–Kier alpha value is -3.36. The lowest BCUT2D eigenvalue weighted by atomic mass is 10.2. The molecular weight excluding hydrogens is 344 g/mol. The number of amides is 1. The van der Waals surface area contributed by atoms with Gasteiger partial charge in [0.15, 0.2) is 5.82 Å². The maximum atomic E-state index is 12.0. The zero-order valence-corrected chi connectivity index (χ0v) is 15.8. The topological polar surface area (TPSA) is 111 Å². The summed E-state index contributed by atoms with van der Waals surface area (Å²) in [5, 5.41) is 18.7. The van der Waals surface area contributed by atoms with E-state index in [0.29, 0.717) is 30.4 Å². The van der Waals surface area contributed by atoms with Crippen LogP contribution >= 0.6 is 0 Å². The van der Waals surface area contributed by atoms with Crippen molar-refractivity contribution in [3.8, 4) is 5.82 Å². The summed E-state index contributed by atoms with van der Waals surface area (Å²) in [5.41, 5.74) is 4.23. The van der Waals surface area contributed by atoms with E-state index in [4.69, 9.17) is 0 Å². The molecule has 3 aromatic rings. The van der Waals surface area contributed by atoms with Gasteiger partial charge in [-0.1, -0.05) is 0 Å². The van der Waals surface area contributed by atoms with Crippen LogP contribution in [0.1, 0.15) is 33.1 Å². The minimum atomic E-state index is -0.259. The van der Waals surface area contributed by atoms with Gasteiger partial charge in [0.25, 0.3) is 5.91 Å². The van der Waals surface area contributed by atoms with Crippen molar-refractivity contribution >= 4 is 11.7 Å². The number of rotatable bonds is 6. The zero-order chi connectivity index (χ0) is 19.4. The molecule has 0 saturated carbocycles. The lowest BCUT2D eigenvalue weighted by Gasteiger charge is -2.08. The van der Waals surface area contributed by atoms with Gasteiger partial charge < -0.3 is 10.6 Å². The molecule has 0 bridgehead atoms. The van der Waals surface area contributed by atoms with Crippen molar-refractivity contribution in [2.45, 2.75) is 27.7 Å². The molecule has 9 nitrogen and oxygen atoms in total. The predicted molar refractivity (Wildman–Crippen MR) is 101 cm³/mol. The highest BCUT2D eigenvalue weighted by Crippen LogP contribution is 2.15. The van der Waals surface area contributed by atoms with Gasteiger partial charge in [0.1, 0.15) is 11.5 Å². The first kappa shape index (κ1) is 18.4. The predicted octanol–water partition coefficient (Wildman–Crippen LogP) is 1.53. The Balaban J connectivity index is 1.51. The summed E-state index contributed by atoms with van der Waals surface area (Å²) in [4.78, 5) is 20.1. The zero-order valence-electron chi connectivity index (χ0n) is 15.8. The van der Waals surface area contributed by atoms with E-state index < -0.39 is 0 Å². The van der Waals surface area contributed by atoms with E-state index in [0.717, 1.165) is 22.6 Å². The molecule has 3 rings (SSSR count). The Morgan fingerprint density at radius 1 is 1.04 bits per heavy atom. The van der Waals surface area contributed by atoms with Crippen molar-refractivity contribution in [3.63, 3.8) is 0 Å². The van der Waals surface area contributed by atoms with Crippen LogP contribution in [0.25, 0.3) is 5.82 Å². The molecule has 0 fully saturated rings. The van der Waals surface area contributed by atoms with Crippen LogP contribution in [0.3, 0.4) is 0 Å². The average molecular weight is 366 g/mol. The molecule has 3 aromatic heterocycles. The van der Waals surface area contributed by atoms with Gasteiger partial charge in [-0.3, -0.25) is 9.78 Å². The highest BCUT2D eigenvalue weighted by molar-refractivity contribution is 5.91. The monoisotopic (exact) mass is 366 g/mol. The maximum Gasteiger partial charge on any atom is 0.271 e. The number of aryl methyl sites for hydroxylation is 2. The summed E-state index contributed by atoms with van der Waals surface area (Å²) < 4.78 is 1.78. The molecule has 0 spiro atoms. The highest BCUT2D eigenvalue weighted by atomic mass is 16.1. The summed E-state index contributed by atoms with van der Waals surface area (Å²) in [6, 6.07) is 3.69. The van der Waals surface area contributed by atoms with Gasteiger partial charge in [-0.05, 0) is 45.4 Å². The van der Waals surface area contributed by atoms with Crippen LogP contribution in [0.15, 0.2) is 24.5 Å². The van der Waals surface area contributed by atoms with Gasteiger partial charge in [-0.15, -0.1) is 10.2 Å². The molecule has 0 unspecified atom stereocenters. The minimum Gasteiger partial charge on any atom is -0.367 e. The summed E-state index contributed by atoms with van der Waals surface area (Å²) in [5.74, 6) is 1.03. The number of aromatic nitrogens is 6. The van der Waals surface area contributed by atoms with E-state index in [2.05, 4.69) is 35.9 Å². The van der Waals surface area contributed by atoms with Crippen LogP contribution in [-0.2, 0) is 0 Å². The van der Waals surface area contributed by atoms with Crippen molar-refractivity contribution in [2.75, 3.05) is 18.4 Å². The quantitative estimate of drug-likeness (QED) is 0.636. The average Bonchev–Trinajstić information content (AvgIpc) is 2.93. The number of nitrogens with zero attached hydrogens (tertiary/aromatic N) is 6. The maximum absolute atomic E-state index is 12.0. The fourth-order valence-corrected chi connectivity index (χ4v) is 2.44. The molecule has 0 saturated heterocycles. The Kier molecular flexibility index (Phi) is 5.39. The molecule has 0 radical (unpaired) electrons. The van der Waals surface area contributed by atoms with Crippen molar-refractivity contribution in [1.82, 2.24) is 35.3 Å². The van der Waals surface area contributed by atoms with Crippen molar-refractivity contribution < 1.29 is 4.79 Å². The number of hydrogen-bond acceptors (Lipinski definition) is 7. The molecule has 1 amide bonds. The number of anilines is 1. The van der Waals surface area contributed by atoms with Crippen LogP contribution in [-0.4, -0.2) is 48.9 Å². The van der Waals surface area contributed by atoms with Gasteiger partial charge in [0.05, 0.1) is 17.6 Å². The standard InChI is InChI=1S/C18H22N8O/c1-11-9-22-15(10-21-11)18(27)20-8-7-19-16-5-6-17(24-23-16)26-14(4)12(2)13(3)25-26/h5-6,9-10H,7-8H2,1-4H3,(H,19,23)(H,20,27). The molecule has 2 N–H and O–H groups in total. The molecule has 0 aliphatic heterocycles. The second kappa shape index (κ2) is 7.90. The molecular formula is C18H22N8O. The molecule has 0 aliphatic rings. The molecule has 3 heterocycles. The van der Waals surface area contributed by atoms with E-state index in [-0.39, 0.29) is 5.91 Å². The first-order chi connectivity index (χ1) is 13.0. The highest BCUT2D eigenvalue weighted by Gasteiger charge is 2.10. The lowest BCUT2D eigenvalue weighted by Crippen LogP contribution is -2.29. The first-order valence-electron chi connectivity index (χ1n) is 8.63. The number of hydrogen-bond donors (Lipinski definition) is 2. The number of carbonyl (C=O) groups excluding carboxylic acids is 1. The fourth-order valence-electron chi connectivity index (χ4n) is 2.44. The third-order valence-electron chi connectivity index (χ3n) is 4.25. The molecule has 0 aromatic carbocycles. The van der Waals surface area contributed by atoms with E-state index in [9.17, 15) is 4.79 Å². The van der Waals surface area contributed by atoms with Gasteiger partial charge >= 0.3 is 0 Å². The van der Waals surface area contributed by atoms with Gasteiger partial charge in [-0.25, -0.2) is 9.67 Å². The van der Waals surface area contributed by atoms with E-state index in [1.165, 1.54) is 6.20 Å². The second-order valence-corrected chi connectivity index (χ2v) is 6.21. The Bertz CT molecular complexity index is 931. The van der Waals surface area contributed by atoms with E-state index in [1.807, 2.05) is 39.8 Å². The molecule has 9 heteroatoms. The Labute approximate surface area is 157 Å². The normalized spacial score (nSPS) is 10.7. The summed E-state index contributed by atoms with van der Waals surface area (Å²) in [7, 11) is 0. The van der Waals surface area contributed by atoms with Gasteiger partial charge in [0, 0.05) is 25.0 Å². The largest absolute Gasteiger partial charge is 0.367 e. The first-order valence-corrected chi connectivity index (χ1v) is 8.63. The Morgan fingerprint density at radius 2 is 1.85 bits per heavy atom.